The van der Waals surface area contributed by atoms with E-state index in [1.165, 1.54) is 18.2 Å². The van der Waals surface area contributed by atoms with Crippen molar-refractivity contribution in [3.63, 3.8) is 0 Å². The molecule has 21 heavy (non-hydrogen) atoms. The van der Waals surface area contributed by atoms with E-state index in [0.717, 1.165) is 24.8 Å². The van der Waals surface area contributed by atoms with Gasteiger partial charge in [0.2, 0.25) is 0 Å². The van der Waals surface area contributed by atoms with Crippen LogP contribution in [0.1, 0.15) is 24.8 Å². The van der Waals surface area contributed by atoms with Crippen molar-refractivity contribution < 1.29 is 14.3 Å². The molecular weight excluding hydrogens is 269 g/mol. The fourth-order valence-corrected chi connectivity index (χ4v) is 4.55. The zero-order valence-electron chi connectivity index (χ0n) is 11.7. The molecule has 4 rings (SSSR count). The van der Waals surface area contributed by atoms with Crippen LogP contribution in [0.2, 0.25) is 0 Å². The molecule has 2 aliphatic carbocycles. The van der Waals surface area contributed by atoms with Crippen LogP contribution >= 0.6 is 0 Å². The van der Waals surface area contributed by atoms with Crippen molar-refractivity contribution in [1.29, 1.82) is 0 Å². The smallest absolute Gasteiger partial charge is 0.250 e. The summed E-state index contributed by atoms with van der Waals surface area (Å²) in [4.78, 5) is 14.2. The molecule has 3 nitrogen and oxygen atoms in total. The number of hydrogen-bond acceptors (Lipinski definition) is 2. The van der Waals surface area contributed by atoms with Crippen LogP contribution in [-0.4, -0.2) is 22.0 Å². The Labute approximate surface area is 123 Å². The maximum absolute atomic E-state index is 13.0. The highest BCUT2D eigenvalue weighted by molar-refractivity contribution is 5.89. The van der Waals surface area contributed by atoms with E-state index in [1.807, 2.05) is 4.90 Å². The van der Waals surface area contributed by atoms with Gasteiger partial charge < -0.3 is 10.0 Å². The summed E-state index contributed by atoms with van der Waals surface area (Å²) in [6.07, 6.45) is 4.79. The van der Waals surface area contributed by atoms with Crippen LogP contribution in [0.4, 0.5) is 4.39 Å². The third-order valence-corrected chi connectivity index (χ3v) is 5.39. The first kappa shape index (κ1) is 12.9. The van der Waals surface area contributed by atoms with Crippen molar-refractivity contribution in [2.24, 2.45) is 17.8 Å². The molecule has 1 N–H and O–H groups in total. The second kappa shape index (κ2) is 4.58. The second-order valence-electron chi connectivity index (χ2n) is 6.51. The van der Waals surface area contributed by atoms with Gasteiger partial charge >= 0.3 is 0 Å². The SMILES string of the molecule is O=C1C=C(O)C2C([C@@H]3CC[C@H]2C3)N1Cc1ccc(F)cc1. The Bertz CT molecular complexity index is 610. The van der Waals surface area contributed by atoms with E-state index in [9.17, 15) is 14.3 Å². The second-order valence-corrected chi connectivity index (χ2v) is 6.51. The van der Waals surface area contributed by atoms with Crippen LogP contribution in [0.15, 0.2) is 36.1 Å². The summed E-state index contributed by atoms with van der Waals surface area (Å²) in [5, 5.41) is 10.2. The molecular formula is C17H18FNO2. The Hall–Kier alpha value is -1.84. The van der Waals surface area contributed by atoms with E-state index in [4.69, 9.17) is 0 Å². The topological polar surface area (TPSA) is 40.5 Å². The van der Waals surface area contributed by atoms with Gasteiger partial charge in [-0.2, -0.15) is 0 Å². The molecule has 0 aromatic heterocycles. The lowest BCUT2D eigenvalue weighted by molar-refractivity contribution is -0.133. The number of rotatable bonds is 2. The van der Waals surface area contributed by atoms with Gasteiger partial charge in [0.1, 0.15) is 11.6 Å². The molecule has 1 heterocycles. The molecule has 2 bridgehead atoms. The van der Waals surface area contributed by atoms with E-state index in [1.54, 1.807) is 12.1 Å². The number of carbonyl (C=O) groups excluding carboxylic acids is 1. The van der Waals surface area contributed by atoms with Crippen molar-refractivity contribution in [1.82, 2.24) is 4.90 Å². The number of fused-ring (bicyclic) bond motifs is 5. The Morgan fingerprint density at radius 1 is 1.19 bits per heavy atom. The van der Waals surface area contributed by atoms with E-state index in [-0.39, 0.29) is 29.4 Å². The highest BCUT2D eigenvalue weighted by atomic mass is 19.1. The van der Waals surface area contributed by atoms with Crippen LogP contribution < -0.4 is 0 Å². The molecule has 0 saturated heterocycles. The van der Waals surface area contributed by atoms with E-state index < -0.39 is 0 Å². The summed E-state index contributed by atoms with van der Waals surface area (Å²) < 4.78 is 13.0. The summed E-state index contributed by atoms with van der Waals surface area (Å²) in [6, 6.07) is 6.42. The number of carbonyl (C=O) groups is 1. The van der Waals surface area contributed by atoms with Gasteiger partial charge in [-0.25, -0.2) is 4.39 Å². The third-order valence-electron chi connectivity index (χ3n) is 5.39. The highest BCUT2D eigenvalue weighted by Gasteiger charge is 2.54. The molecule has 0 radical (unpaired) electrons. The molecule has 3 aliphatic rings. The van der Waals surface area contributed by atoms with Gasteiger partial charge in [0.25, 0.3) is 5.91 Å². The first-order valence-corrected chi connectivity index (χ1v) is 7.59. The zero-order valence-corrected chi connectivity index (χ0v) is 11.7. The first-order valence-electron chi connectivity index (χ1n) is 7.59. The maximum atomic E-state index is 13.0. The summed E-state index contributed by atoms with van der Waals surface area (Å²) in [5.41, 5.74) is 0.932. The van der Waals surface area contributed by atoms with Crippen LogP contribution in [0.3, 0.4) is 0 Å². The van der Waals surface area contributed by atoms with E-state index in [0.29, 0.717) is 18.4 Å². The molecule has 110 valence electrons. The minimum absolute atomic E-state index is 0.113. The minimum atomic E-state index is -0.265. The quantitative estimate of drug-likeness (QED) is 0.908. The number of benzene rings is 1. The van der Waals surface area contributed by atoms with Crippen molar-refractivity contribution in [2.45, 2.75) is 31.8 Å². The largest absolute Gasteiger partial charge is 0.512 e. The Kier molecular flexibility index (Phi) is 2.81. The molecule has 1 aromatic carbocycles. The van der Waals surface area contributed by atoms with Crippen molar-refractivity contribution in [3.8, 4) is 0 Å². The van der Waals surface area contributed by atoms with Crippen LogP contribution in [-0.2, 0) is 11.3 Å². The normalized spacial score (nSPS) is 34.0. The van der Waals surface area contributed by atoms with Gasteiger partial charge in [0, 0.05) is 24.6 Å². The summed E-state index contributed by atoms with van der Waals surface area (Å²) in [7, 11) is 0. The average Bonchev–Trinajstić information content (AvgIpc) is 3.06. The monoisotopic (exact) mass is 287 g/mol. The van der Waals surface area contributed by atoms with E-state index in [2.05, 4.69) is 0 Å². The van der Waals surface area contributed by atoms with Crippen LogP contribution in [0.5, 0.6) is 0 Å². The number of halogens is 1. The summed E-state index contributed by atoms with van der Waals surface area (Å²) in [5.74, 6) is 1.01. The maximum Gasteiger partial charge on any atom is 0.250 e. The van der Waals surface area contributed by atoms with Gasteiger partial charge in [0.05, 0.1) is 0 Å². The summed E-state index contributed by atoms with van der Waals surface area (Å²) >= 11 is 0. The van der Waals surface area contributed by atoms with Gasteiger partial charge in [-0.15, -0.1) is 0 Å². The van der Waals surface area contributed by atoms with Crippen molar-refractivity contribution in [2.75, 3.05) is 0 Å². The molecule has 2 saturated carbocycles. The predicted octanol–water partition coefficient (Wildman–Crippen LogP) is 3.02. The average molecular weight is 287 g/mol. The fourth-order valence-electron chi connectivity index (χ4n) is 4.55. The zero-order chi connectivity index (χ0) is 14.6. The Morgan fingerprint density at radius 2 is 1.90 bits per heavy atom. The van der Waals surface area contributed by atoms with Gasteiger partial charge in [-0.1, -0.05) is 12.1 Å². The first-order chi connectivity index (χ1) is 10.1. The lowest BCUT2D eigenvalue weighted by atomic mass is 9.80. The third kappa shape index (κ3) is 1.96. The predicted molar refractivity (Wildman–Crippen MR) is 75.8 cm³/mol. The number of amides is 1. The number of aliphatic hydroxyl groups excluding tert-OH is 1. The van der Waals surface area contributed by atoms with Gasteiger partial charge in [-0.3, -0.25) is 4.79 Å². The number of nitrogens with zero attached hydrogens (tertiary/aromatic N) is 1. The Morgan fingerprint density at radius 3 is 2.67 bits per heavy atom. The minimum Gasteiger partial charge on any atom is -0.512 e. The number of hydrogen-bond donors (Lipinski definition) is 1. The lowest BCUT2D eigenvalue weighted by Crippen LogP contribution is -2.50. The van der Waals surface area contributed by atoms with Crippen LogP contribution in [0, 0.1) is 23.6 Å². The van der Waals surface area contributed by atoms with E-state index >= 15 is 0 Å². The standard InChI is InChI=1S/C17H18FNO2/c18-13-5-1-10(2-6-13)9-19-15(21)8-14(20)16-11-3-4-12(7-11)17(16)19/h1-2,5-6,8,11-12,16-17,20H,3-4,7,9H2/t11-,12+,16?,17?/m0/s1. The fraction of sp³-hybridized carbons (Fsp3) is 0.471. The molecule has 1 aromatic rings. The molecule has 2 fully saturated rings. The van der Waals surface area contributed by atoms with Crippen molar-refractivity contribution in [3.05, 3.63) is 47.5 Å². The number of aliphatic hydroxyl groups is 1. The molecule has 0 spiro atoms. The molecule has 4 atom stereocenters. The Balaban J connectivity index is 1.64. The van der Waals surface area contributed by atoms with Gasteiger partial charge in [-0.05, 0) is 48.8 Å². The highest BCUT2D eigenvalue weighted by Crippen LogP contribution is 2.54. The van der Waals surface area contributed by atoms with Gasteiger partial charge in [0.15, 0.2) is 0 Å². The molecule has 1 amide bonds. The van der Waals surface area contributed by atoms with Crippen molar-refractivity contribution >= 4 is 5.91 Å². The summed E-state index contributed by atoms with van der Waals surface area (Å²) in [6.45, 7) is 0.493. The molecule has 2 unspecified atom stereocenters. The molecule has 4 heteroatoms. The lowest BCUT2D eigenvalue weighted by Gasteiger charge is -2.42. The van der Waals surface area contributed by atoms with Crippen LogP contribution in [0.25, 0.3) is 0 Å². The molecule has 1 aliphatic heterocycles.